The Morgan fingerprint density at radius 2 is 1.85 bits per heavy atom. The van der Waals surface area contributed by atoms with Gasteiger partial charge < -0.3 is 19.9 Å². The zero-order chi connectivity index (χ0) is 23.8. The number of hydrazone groups is 1. The second-order valence-electron chi connectivity index (χ2n) is 6.96. The van der Waals surface area contributed by atoms with Crippen molar-refractivity contribution in [1.29, 1.82) is 0 Å². The summed E-state index contributed by atoms with van der Waals surface area (Å²) in [5, 5.41) is 15.7. The third-order valence-electron chi connectivity index (χ3n) is 4.61. The van der Waals surface area contributed by atoms with Gasteiger partial charge in [0.2, 0.25) is 0 Å². The highest BCUT2D eigenvalue weighted by Crippen LogP contribution is 2.34. The quantitative estimate of drug-likeness (QED) is 0.204. The summed E-state index contributed by atoms with van der Waals surface area (Å²) in [7, 11) is 1.54. The van der Waals surface area contributed by atoms with Crippen LogP contribution in [0.2, 0.25) is 0 Å². The molecule has 0 saturated carbocycles. The number of urea groups is 1. The van der Waals surface area contributed by atoms with E-state index < -0.39 is 12.0 Å². The number of carbonyl (C=O) groups is 2. The third-order valence-corrected chi connectivity index (χ3v) is 5.41. The molecule has 0 bridgehead atoms. The van der Waals surface area contributed by atoms with Gasteiger partial charge in [0.15, 0.2) is 11.5 Å². The van der Waals surface area contributed by atoms with Crippen LogP contribution in [0.1, 0.15) is 27.0 Å². The lowest BCUT2D eigenvalue weighted by molar-refractivity contribution is 0.0696. The Bertz CT molecular complexity index is 1180. The number of nitrogens with one attached hydrogen (secondary N) is 2. The van der Waals surface area contributed by atoms with Crippen LogP contribution in [0.15, 0.2) is 65.8 Å². The summed E-state index contributed by atoms with van der Waals surface area (Å²) in [5.41, 5.74) is 5.86. The Morgan fingerprint density at radius 3 is 2.52 bits per heavy atom. The number of carboxylic acids is 1. The van der Waals surface area contributed by atoms with Crippen LogP contribution in [0.4, 0.5) is 10.5 Å². The molecule has 9 heteroatoms. The minimum absolute atomic E-state index is 0.218. The summed E-state index contributed by atoms with van der Waals surface area (Å²) in [4.78, 5) is 23.0. The predicted molar refractivity (Wildman–Crippen MR) is 134 cm³/mol. The molecule has 8 nitrogen and oxygen atoms in total. The maximum Gasteiger partial charge on any atom is 0.339 e. The number of hydrogen-bond acceptors (Lipinski definition) is 5. The van der Waals surface area contributed by atoms with Crippen molar-refractivity contribution in [3.8, 4) is 11.5 Å². The fraction of sp³-hybridized carbons (Fsp3) is 0.125. The number of carbonyl (C=O) groups excluding carboxylic acids is 1. The molecule has 33 heavy (non-hydrogen) atoms. The zero-order valence-electron chi connectivity index (χ0n) is 18.0. The summed E-state index contributed by atoms with van der Waals surface area (Å²) >= 11 is 2.13. The summed E-state index contributed by atoms with van der Waals surface area (Å²) in [6.45, 7) is 2.15. The van der Waals surface area contributed by atoms with Crippen molar-refractivity contribution in [1.82, 2.24) is 5.43 Å². The van der Waals surface area contributed by atoms with Crippen molar-refractivity contribution in [2.75, 3.05) is 12.4 Å². The van der Waals surface area contributed by atoms with Crippen LogP contribution in [0.25, 0.3) is 0 Å². The van der Waals surface area contributed by atoms with Crippen LogP contribution in [0, 0.1) is 10.5 Å². The summed E-state index contributed by atoms with van der Waals surface area (Å²) < 4.78 is 12.2. The Balaban J connectivity index is 1.63. The summed E-state index contributed by atoms with van der Waals surface area (Å²) in [5.74, 6) is 0.0933. The zero-order valence-corrected chi connectivity index (χ0v) is 20.1. The molecule has 0 spiro atoms. The van der Waals surface area contributed by atoms with Gasteiger partial charge in [-0.25, -0.2) is 15.0 Å². The average molecular weight is 559 g/mol. The van der Waals surface area contributed by atoms with E-state index in [1.54, 1.807) is 18.2 Å². The molecule has 0 atom stereocenters. The van der Waals surface area contributed by atoms with Crippen LogP contribution in [-0.2, 0) is 6.61 Å². The number of rotatable bonds is 8. The number of benzene rings is 3. The van der Waals surface area contributed by atoms with Crippen LogP contribution < -0.4 is 20.2 Å². The van der Waals surface area contributed by atoms with Crippen molar-refractivity contribution >= 4 is 46.5 Å². The molecule has 3 N–H and O–H groups in total. The molecule has 3 aromatic carbocycles. The van der Waals surface area contributed by atoms with E-state index >= 15 is 0 Å². The second kappa shape index (κ2) is 11.3. The van der Waals surface area contributed by atoms with E-state index in [1.165, 1.54) is 25.5 Å². The van der Waals surface area contributed by atoms with Gasteiger partial charge >= 0.3 is 12.0 Å². The normalized spacial score (nSPS) is 10.6. The van der Waals surface area contributed by atoms with Gasteiger partial charge in [-0.15, -0.1) is 0 Å². The molecule has 0 fully saturated rings. The standard InChI is InChI=1S/C24H22IN3O5/c1-15-5-3-4-6-20(15)27-24(31)28-26-13-17-11-19(25)22(21(12-17)32-2)33-14-16-7-9-18(10-8-16)23(29)30/h3-13H,14H2,1-2H3,(H,29,30)(H2,27,28,31). The molecular weight excluding hydrogens is 537 g/mol. The molecule has 0 radical (unpaired) electrons. The number of aromatic carboxylic acids is 1. The Morgan fingerprint density at radius 1 is 1.12 bits per heavy atom. The first-order chi connectivity index (χ1) is 15.9. The lowest BCUT2D eigenvalue weighted by atomic mass is 10.1. The minimum Gasteiger partial charge on any atom is -0.493 e. The van der Waals surface area contributed by atoms with Crippen molar-refractivity contribution in [2.45, 2.75) is 13.5 Å². The lowest BCUT2D eigenvalue weighted by Crippen LogP contribution is -2.24. The smallest absolute Gasteiger partial charge is 0.339 e. The monoisotopic (exact) mass is 559 g/mol. The molecule has 170 valence electrons. The molecule has 3 rings (SSSR count). The van der Waals surface area contributed by atoms with Crippen LogP contribution in [0.3, 0.4) is 0 Å². The highest BCUT2D eigenvalue weighted by Gasteiger charge is 2.12. The third kappa shape index (κ3) is 6.69. The molecular formula is C24H22IN3O5. The molecule has 0 aliphatic rings. The fourth-order valence-electron chi connectivity index (χ4n) is 2.88. The van der Waals surface area contributed by atoms with Crippen LogP contribution in [-0.4, -0.2) is 30.4 Å². The molecule has 0 saturated heterocycles. The van der Waals surface area contributed by atoms with Crippen molar-refractivity contribution in [3.05, 3.63) is 86.5 Å². The molecule has 0 heterocycles. The van der Waals surface area contributed by atoms with Gasteiger partial charge in [-0.05, 0) is 76.5 Å². The number of para-hydroxylation sites is 1. The molecule has 2 amide bonds. The summed E-state index contributed by atoms with van der Waals surface area (Å²) in [6.07, 6.45) is 1.51. The number of halogens is 1. The average Bonchev–Trinajstić information content (AvgIpc) is 2.80. The number of methoxy groups -OCH3 is 1. The molecule has 0 aromatic heterocycles. The molecule has 0 aliphatic heterocycles. The number of carboxylic acid groups (broad SMARTS) is 1. The molecule has 0 aliphatic carbocycles. The van der Waals surface area contributed by atoms with Gasteiger partial charge in [-0.3, -0.25) is 0 Å². The van der Waals surface area contributed by atoms with Crippen molar-refractivity contribution in [2.24, 2.45) is 5.10 Å². The number of anilines is 1. The van der Waals surface area contributed by atoms with E-state index in [0.29, 0.717) is 22.7 Å². The van der Waals surface area contributed by atoms with Crippen molar-refractivity contribution < 1.29 is 24.2 Å². The number of hydrogen-bond donors (Lipinski definition) is 3. The largest absolute Gasteiger partial charge is 0.493 e. The predicted octanol–water partition coefficient (Wildman–Crippen LogP) is 5.04. The van der Waals surface area contributed by atoms with Gasteiger partial charge in [0.25, 0.3) is 0 Å². The number of aryl methyl sites for hydroxylation is 1. The topological polar surface area (TPSA) is 109 Å². The number of ether oxygens (including phenoxy) is 2. The van der Waals surface area contributed by atoms with E-state index in [1.807, 2.05) is 37.3 Å². The lowest BCUT2D eigenvalue weighted by Gasteiger charge is -2.13. The van der Waals surface area contributed by atoms with E-state index in [2.05, 4.69) is 38.4 Å². The molecule has 3 aromatic rings. The van der Waals surface area contributed by atoms with E-state index in [-0.39, 0.29) is 12.2 Å². The molecule has 0 unspecified atom stereocenters. The maximum atomic E-state index is 12.1. The van der Waals surface area contributed by atoms with Crippen molar-refractivity contribution in [3.63, 3.8) is 0 Å². The summed E-state index contributed by atoms with van der Waals surface area (Å²) in [6, 6.07) is 17.1. The van der Waals surface area contributed by atoms with E-state index in [9.17, 15) is 9.59 Å². The Hall–Kier alpha value is -3.60. The first-order valence-electron chi connectivity index (χ1n) is 9.85. The SMILES string of the molecule is COc1cc(C=NNC(=O)Nc2ccccc2C)cc(I)c1OCc1ccc(C(=O)O)cc1. The van der Waals surface area contributed by atoms with Gasteiger partial charge in [0.05, 0.1) is 22.5 Å². The first-order valence-corrected chi connectivity index (χ1v) is 10.9. The van der Waals surface area contributed by atoms with Gasteiger partial charge in [0.1, 0.15) is 6.61 Å². The number of nitrogens with zero attached hydrogens (tertiary/aromatic N) is 1. The highest BCUT2D eigenvalue weighted by molar-refractivity contribution is 14.1. The van der Waals surface area contributed by atoms with Gasteiger partial charge in [-0.2, -0.15) is 5.10 Å². The number of amides is 2. The second-order valence-corrected chi connectivity index (χ2v) is 8.13. The Labute approximate surface area is 204 Å². The van der Waals surface area contributed by atoms with Gasteiger partial charge in [0, 0.05) is 5.69 Å². The first kappa shape index (κ1) is 24.1. The van der Waals surface area contributed by atoms with E-state index in [4.69, 9.17) is 14.6 Å². The maximum absolute atomic E-state index is 12.1. The van der Waals surface area contributed by atoms with Gasteiger partial charge in [-0.1, -0.05) is 30.3 Å². The van der Waals surface area contributed by atoms with Crippen LogP contribution >= 0.6 is 22.6 Å². The van der Waals surface area contributed by atoms with E-state index in [0.717, 1.165) is 14.7 Å². The van der Waals surface area contributed by atoms with Crippen LogP contribution in [0.5, 0.6) is 11.5 Å². The Kier molecular flexibility index (Phi) is 8.25. The fourth-order valence-corrected chi connectivity index (χ4v) is 3.66. The highest BCUT2D eigenvalue weighted by atomic mass is 127. The minimum atomic E-state index is -0.974.